The molecule has 0 spiro atoms. The molecule has 0 bridgehead atoms. The number of thiophene rings is 1. The molecule has 0 amide bonds. The summed E-state index contributed by atoms with van der Waals surface area (Å²) in [5.41, 5.74) is 8.13. The number of ether oxygens (including phenoxy) is 1. The Morgan fingerprint density at radius 2 is 2.00 bits per heavy atom. The second-order valence-corrected chi connectivity index (χ2v) is 7.77. The Morgan fingerprint density at radius 1 is 1.26 bits per heavy atom. The van der Waals surface area contributed by atoms with Gasteiger partial charge in [0.15, 0.2) is 0 Å². The van der Waals surface area contributed by atoms with Crippen LogP contribution in [0.1, 0.15) is 50.0 Å². The highest BCUT2D eigenvalue weighted by Crippen LogP contribution is 2.30. The Hall–Kier alpha value is -1.27. The highest BCUT2D eigenvalue weighted by atomic mass is 35.5. The summed E-state index contributed by atoms with van der Waals surface area (Å²) in [4.78, 5) is 5.58. The molecule has 1 aromatic heterocycles. The van der Waals surface area contributed by atoms with Gasteiger partial charge in [0.2, 0.25) is 0 Å². The maximum atomic E-state index is 6.25. The van der Waals surface area contributed by atoms with Crippen molar-refractivity contribution in [2.24, 2.45) is 10.7 Å². The molecule has 1 aliphatic carbocycles. The largest absolute Gasteiger partial charge is 0.490 e. The van der Waals surface area contributed by atoms with E-state index in [-0.39, 0.29) is 24.8 Å². The quantitative estimate of drug-likeness (QED) is 0.454. The van der Waals surface area contributed by atoms with Crippen LogP contribution in [-0.2, 0) is 6.54 Å². The van der Waals surface area contributed by atoms with E-state index in [1.165, 1.54) is 12.8 Å². The summed E-state index contributed by atoms with van der Waals surface area (Å²) in [6.45, 7) is 5.06. The van der Waals surface area contributed by atoms with Gasteiger partial charge < -0.3 is 15.8 Å². The minimum atomic E-state index is 0. The first kappa shape index (κ1) is 23.8. The van der Waals surface area contributed by atoms with Gasteiger partial charge in [0.05, 0.1) is 16.7 Å². The molecule has 1 aliphatic rings. The van der Waals surface area contributed by atoms with Gasteiger partial charge in [-0.25, -0.2) is 4.99 Å². The van der Waals surface area contributed by atoms with Crippen LogP contribution < -0.4 is 15.8 Å². The zero-order chi connectivity index (χ0) is 17.6. The van der Waals surface area contributed by atoms with Crippen molar-refractivity contribution in [1.82, 2.24) is 5.32 Å². The Balaban J connectivity index is 0.00000182. The standard InChI is InChI=1S/C20H27N3OS.2ClH/c1-14(2)22-13-15-12-16(23-20(21)19-8-5-11-25-19)9-10-18(15)24-17-6-3-4-7-17;;/h5,8-12,14,17,22H,3-4,6-7,13H2,1-2H3,(H2,21,23);2*1H. The molecule has 4 nitrogen and oxygen atoms in total. The molecule has 0 aliphatic heterocycles. The summed E-state index contributed by atoms with van der Waals surface area (Å²) in [7, 11) is 0. The first-order valence-corrected chi connectivity index (χ1v) is 9.91. The fourth-order valence-corrected chi connectivity index (χ4v) is 3.63. The topological polar surface area (TPSA) is 59.6 Å². The Bertz CT molecular complexity index is 714. The molecule has 1 fully saturated rings. The number of halogens is 2. The summed E-state index contributed by atoms with van der Waals surface area (Å²) in [6, 6.07) is 10.5. The maximum absolute atomic E-state index is 6.25. The van der Waals surface area contributed by atoms with Crippen LogP contribution in [0.2, 0.25) is 0 Å². The van der Waals surface area contributed by atoms with Gasteiger partial charge in [-0.3, -0.25) is 0 Å². The summed E-state index contributed by atoms with van der Waals surface area (Å²) in [6.07, 6.45) is 5.20. The molecule has 3 N–H and O–H groups in total. The van der Waals surface area contributed by atoms with E-state index in [1.54, 1.807) is 11.3 Å². The molecular formula is C20H29Cl2N3OS. The molecular weight excluding hydrogens is 401 g/mol. The summed E-state index contributed by atoms with van der Waals surface area (Å²) >= 11 is 1.60. The zero-order valence-corrected chi connectivity index (χ0v) is 18.3. The van der Waals surface area contributed by atoms with Crippen LogP contribution in [0.15, 0.2) is 40.7 Å². The van der Waals surface area contributed by atoms with Crippen molar-refractivity contribution < 1.29 is 4.74 Å². The van der Waals surface area contributed by atoms with E-state index in [0.29, 0.717) is 18.0 Å². The number of nitrogens with two attached hydrogens (primary N) is 1. The van der Waals surface area contributed by atoms with Crippen molar-refractivity contribution in [2.45, 2.75) is 58.2 Å². The first-order valence-electron chi connectivity index (χ1n) is 9.03. The number of benzene rings is 1. The van der Waals surface area contributed by atoms with Crippen LogP contribution in [-0.4, -0.2) is 18.0 Å². The van der Waals surface area contributed by atoms with E-state index in [2.05, 4.69) is 30.2 Å². The molecule has 7 heteroatoms. The molecule has 0 atom stereocenters. The van der Waals surface area contributed by atoms with Gasteiger partial charge in [-0.2, -0.15) is 0 Å². The summed E-state index contributed by atoms with van der Waals surface area (Å²) in [5, 5.41) is 5.49. The van der Waals surface area contributed by atoms with Crippen molar-refractivity contribution in [2.75, 3.05) is 0 Å². The van der Waals surface area contributed by atoms with Crippen LogP contribution in [0.3, 0.4) is 0 Å². The smallest absolute Gasteiger partial charge is 0.141 e. The van der Waals surface area contributed by atoms with Gasteiger partial charge in [-0.05, 0) is 55.3 Å². The molecule has 1 saturated carbocycles. The Labute approximate surface area is 178 Å². The highest BCUT2D eigenvalue weighted by molar-refractivity contribution is 7.12. The van der Waals surface area contributed by atoms with Gasteiger partial charge in [0, 0.05) is 18.2 Å². The first-order chi connectivity index (χ1) is 12.1. The van der Waals surface area contributed by atoms with Gasteiger partial charge in [0.1, 0.15) is 11.6 Å². The van der Waals surface area contributed by atoms with Crippen LogP contribution >= 0.6 is 36.2 Å². The van der Waals surface area contributed by atoms with Gasteiger partial charge in [0.25, 0.3) is 0 Å². The molecule has 0 radical (unpaired) electrons. The zero-order valence-electron chi connectivity index (χ0n) is 15.8. The number of rotatable bonds is 7. The van der Waals surface area contributed by atoms with E-state index in [0.717, 1.165) is 41.3 Å². The number of nitrogens with one attached hydrogen (secondary N) is 1. The van der Waals surface area contributed by atoms with Crippen molar-refractivity contribution in [3.8, 4) is 5.75 Å². The number of hydrogen-bond donors (Lipinski definition) is 2. The van der Waals surface area contributed by atoms with E-state index < -0.39 is 0 Å². The molecule has 1 aromatic carbocycles. The summed E-state index contributed by atoms with van der Waals surface area (Å²) < 4.78 is 6.25. The predicted octanol–water partition coefficient (Wildman–Crippen LogP) is 5.45. The molecule has 150 valence electrons. The molecule has 2 aromatic rings. The van der Waals surface area contributed by atoms with Crippen molar-refractivity contribution in [3.05, 3.63) is 46.2 Å². The molecule has 0 unspecified atom stereocenters. The van der Waals surface area contributed by atoms with Crippen molar-refractivity contribution >= 4 is 47.7 Å². The molecule has 1 heterocycles. The number of amidine groups is 1. The highest BCUT2D eigenvalue weighted by Gasteiger charge is 2.18. The van der Waals surface area contributed by atoms with Crippen molar-refractivity contribution in [1.29, 1.82) is 0 Å². The number of aliphatic imine (C=N–C) groups is 1. The van der Waals surface area contributed by atoms with Crippen LogP contribution in [0.4, 0.5) is 5.69 Å². The molecule has 0 saturated heterocycles. The second-order valence-electron chi connectivity index (χ2n) is 6.83. The van der Waals surface area contributed by atoms with Gasteiger partial charge >= 0.3 is 0 Å². The monoisotopic (exact) mass is 429 g/mol. The minimum Gasteiger partial charge on any atom is -0.490 e. The lowest BCUT2D eigenvalue weighted by atomic mass is 10.1. The average Bonchev–Trinajstić information content (AvgIpc) is 3.28. The average molecular weight is 430 g/mol. The fraction of sp³-hybridized carbons (Fsp3) is 0.450. The van der Waals surface area contributed by atoms with E-state index in [4.69, 9.17) is 10.5 Å². The summed E-state index contributed by atoms with van der Waals surface area (Å²) in [5.74, 6) is 1.52. The van der Waals surface area contributed by atoms with Crippen LogP contribution in [0, 0.1) is 0 Å². The number of hydrogen-bond acceptors (Lipinski definition) is 4. The third-order valence-electron chi connectivity index (χ3n) is 4.36. The fourth-order valence-electron chi connectivity index (χ4n) is 3.01. The van der Waals surface area contributed by atoms with Crippen LogP contribution in [0.5, 0.6) is 5.75 Å². The van der Waals surface area contributed by atoms with Crippen molar-refractivity contribution in [3.63, 3.8) is 0 Å². The molecule has 3 rings (SSSR count). The maximum Gasteiger partial charge on any atom is 0.141 e. The third kappa shape index (κ3) is 7.00. The van der Waals surface area contributed by atoms with Gasteiger partial charge in [-0.15, -0.1) is 36.2 Å². The normalized spacial score (nSPS) is 14.7. The van der Waals surface area contributed by atoms with Crippen LogP contribution in [0.25, 0.3) is 0 Å². The molecule has 27 heavy (non-hydrogen) atoms. The SMILES string of the molecule is CC(C)NCc1cc(N=C(N)c2cccs2)ccc1OC1CCCC1.Cl.Cl. The lowest BCUT2D eigenvalue weighted by Crippen LogP contribution is -2.23. The predicted molar refractivity (Wildman–Crippen MR) is 121 cm³/mol. The third-order valence-corrected chi connectivity index (χ3v) is 5.26. The Morgan fingerprint density at radius 3 is 2.63 bits per heavy atom. The Kier molecular flexibility index (Phi) is 10.2. The van der Waals surface area contributed by atoms with E-state index in [9.17, 15) is 0 Å². The van der Waals surface area contributed by atoms with Gasteiger partial charge in [-0.1, -0.05) is 19.9 Å². The second kappa shape index (κ2) is 11.5. The lowest BCUT2D eigenvalue weighted by Gasteiger charge is -2.18. The number of nitrogens with zero attached hydrogens (tertiary/aromatic N) is 1. The minimum absolute atomic E-state index is 0. The van der Waals surface area contributed by atoms with E-state index >= 15 is 0 Å². The van der Waals surface area contributed by atoms with E-state index in [1.807, 2.05) is 29.6 Å². The lowest BCUT2D eigenvalue weighted by molar-refractivity contribution is 0.207.